The van der Waals surface area contributed by atoms with Crippen LogP contribution in [0.2, 0.25) is 0 Å². The summed E-state index contributed by atoms with van der Waals surface area (Å²) in [5.41, 5.74) is 0.995. The van der Waals surface area contributed by atoms with Gasteiger partial charge in [0.05, 0.1) is 11.3 Å². The van der Waals surface area contributed by atoms with Gasteiger partial charge in [0.25, 0.3) is 17.7 Å². The minimum atomic E-state index is -0.439. The minimum absolute atomic E-state index is 0.0883. The number of rotatable bonds is 4. The monoisotopic (exact) mass is 317 g/mol. The smallest absolute Gasteiger partial charge is 0.280 e. The first-order valence-electron chi connectivity index (χ1n) is 6.48. The summed E-state index contributed by atoms with van der Waals surface area (Å²) < 4.78 is 3.68. The molecule has 8 nitrogen and oxygen atoms in total. The Labute approximate surface area is 129 Å². The molecule has 2 aromatic heterocycles. The van der Waals surface area contributed by atoms with E-state index in [9.17, 15) is 14.4 Å². The Hall–Kier alpha value is -2.68. The number of hydrogen-bond donors (Lipinski definition) is 1. The second-order valence-corrected chi connectivity index (χ2v) is 5.36. The van der Waals surface area contributed by atoms with Crippen LogP contribution in [0.25, 0.3) is 0 Å². The van der Waals surface area contributed by atoms with Crippen LogP contribution in [0.15, 0.2) is 18.3 Å². The van der Waals surface area contributed by atoms with E-state index in [4.69, 9.17) is 0 Å². The molecule has 0 fully saturated rings. The zero-order valence-electron chi connectivity index (χ0n) is 11.6. The Morgan fingerprint density at radius 3 is 2.86 bits per heavy atom. The Morgan fingerprint density at radius 2 is 2.18 bits per heavy atom. The van der Waals surface area contributed by atoms with Crippen molar-refractivity contribution in [2.75, 3.05) is 13.1 Å². The van der Waals surface area contributed by atoms with Gasteiger partial charge in [-0.1, -0.05) is 4.49 Å². The SMILES string of the molecule is Cc1nnsc1C(=O)NCCN1C(=O)c2cccnc2C1=O. The molecule has 0 aliphatic carbocycles. The van der Waals surface area contributed by atoms with Crippen LogP contribution in [-0.2, 0) is 0 Å². The van der Waals surface area contributed by atoms with Crippen molar-refractivity contribution in [3.63, 3.8) is 0 Å². The highest BCUT2D eigenvalue weighted by molar-refractivity contribution is 7.07. The average Bonchev–Trinajstić information content (AvgIpc) is 3.05. The number of imide groups is 1. The maximum Gasteiger partial charge on any atom is 0.280 e. The molecule has 0 saturated heterocycles. The van der Waals surface area contributed by atoms with Gasteiger partial charge >= 0.3 is 0 Å². The molecule has 0 bridgehead atoms. The van der Waals surface area contributed by atoms with Crippen LogP contribution in [0.4, 0.5) is 0 Å². The Kier molecular flexibility index (Phi) is 3.63. The van der Waals surface area contributed by atoms with E-state index in [0.717, 1.165) is 16.4 Å². The molecular weight excluding hydrogens is 306 g/mol. The molecule has 112 valence electrons. The fraction of sp³-hybridized carbons (Fsp3) is 0.231. The third-order valence-corrected chi connectivity index (χ3v) is 4.04. The topological polar surface area (TPSA) is 105 Å². The quantitative estimate of drug-likeness (QED) is 0.811. The Bertz CT molecular complexity index is 738. The summed E-state index contributed by atoms with van der Waals surface area (Å²) in [6, 6.07) is 3.17. The number of carbonyl (C=O) groups excluding carboxylic acids is 3. The van der Waals surface area contributed by atoms with E-state index in [-0.39, 0.29) is 24.7 Å². The van der Waals surface area contributed by atoms with E-state index >= 15 is 0 Å². The van der Waals surface area contributed by atoms with Crippen LogP contribution in [0.3, 0.4) is 0 Å². The van der Waals surface area contributed by atoms with Crippen molar-refractivity contribution >= 4 is 29.3 Å². The lowest BCUT2D eigenvalue weighted by molar-refractivity contribution is 0.0648. The molecular formula is C13H11N5O3S. The predicted octanol–water partition coefficient (Wildman–Crippen LogP) is 0.268. The lowest BCUT2D eigenvalue weighted by Gasteiger charge is -2.13. The standard InChI is InChI=1S/C13H11N5O3S/c1-7-10(22-17-16-7)11(19)15-5-6-18-12(20)8-3-2-4-14-9(8)13(18)21/h2-4H,5-6H2,1H3,(H,15,19). The predicted molar refractivity (Wildman–Crippen MR) is 76.6 cm³/mol. The molecule has 1 N–H and O–H groups in total. The van der Waals surface area contributed by atoms with Crippen LogP contribution >= 0.6 is 11.5 Å². The van der Waals surface area contributed by atoms with Crippen LogP contribution in [0.5, 0.6) is 0 Å². The van der Waals surface area contributed by atoms with Gasteiger partial charge in [-0.05, 0) is 30.6 Å². The molecule has 0 saturated carbocycles. The van der Waals surface area contributed by atoms with E-state index in [1.165, 1.54) is 6.20 Å². The number of nitrogens with zero attached hydrogens (tertiary/aromatic N) is 4. The van der Waals surface area contributed by atoms with Gasteiger partial charge in [-0.3, -0.25) is 24.3 Å². The maximum atomic E-state index is 12.1. The van der Waals surface area contributed by atoms with Crippen molar-refractivity contribution in [1.29, 1.82) is 0 Å². The molecule has 0 aromatic carbocycles. The van der Waals surface area contributed by atoms with E-state index in [1.54, 1.807) is 19.1 Å². The Morgan fingerprint density at radius 1 is 1.36 bits per heavy atom. The molecule has 9 heteroatoms. The van der Waals surface area contributed by atoms with E-state index in [2.05, 4.69) is 19.9 Å². The lowest BCUT2D eigenvalue weighted by Crippen LogP contribution is -2.38. The highest BCUT2D eigenvalue weighted by Crippen LogP contribution is 2.19. The summed E-state index contributed by atoms with van der Waals surface area (Å²) in [5.74, 6) is -1.15. The molecule has 22 heavy (non-hydrogen) atoms. The van der Waals surface area contributed by atoms with Crippen molar-refractivity contribution < 1.29 is 14.4 Å². The number of aryl methyl sites for hydroxylation is 1. The molecule has 0 spiro atoms. The van der Waals surface area contributed by atoms with Crippen LogP contribution in [0, 0.1) is 6.92 Å². The number of aromatic nitrogens is 3. The van der Waals surface area contributed by atoms with Gasteiger partial charge in [0.1, 0.15) is 10.6 Å². The van der Waals surface area contributed by atoms with Crippen molar-refractivity contribution in [2.24, 2.45) is 0 Å². The molecule has 1 aliphatic heterocycles. The number of carbonyl (C=O) groups is 3. The van der Waals surface area contributed by atoms with Crippen LogP contribution < -0.4 is 5.32 Å². The van der Waals surface area contributed by atoms with Gasteiger partial charge in [0.2, 0.25) is 0 Å². The Balaban J connectivity index is 1.62. The maximum absolute atomic E-state index is 12.1. The van der Waals surface area contributed by atoms with Crippen molar-refractivity contribution in [2.45, 2.75) is 6.92 Å². The number of nitrogens with one attached hydrogen (secondary N) is 1. The number of hydrogen-bond acceptors (Lipinski definition) is 7. The van der Waals surface area contributed by atoms with Crippen molar-refractivity contribution in [1.82, 2.24) is 24.8 Å². The largest absolute Gasteiger partial charge is 0.349 e. The second kappa shape index (κ2) is 5.60. The zero-order valence-corrected chi connectivity index (χ0v) is 12.4. The molecule has 3 amide bonds. The third kappa shape index (κ3) is 2.35. The van der Waals surface area contributed by atoms with Gasteiger partial charge in [0.15, 0.2) is 0 Å². The fourth-order valence-corrected chi connectivity index (χ4v) is 2.69. The van der Waals surface area contributed by atoms with Crippen LogP contribution in [0.1, 0.15) is 36.2 Å². The number of amides is 3. The van der Waals surface area contributed by atoms with Gasteiger partial charge in [0, 0.05) is 19.3 Å². The zero-order chi connectivity index (χ0) is 15.7. The van der Waals surface area contributed by atoms with Gasteiger partial charge in [-0.2, -0.15) is 0 Å². The number of fused-ring (bicyclic) bond motifs is 1. The summed E-state index contributed by atoms with van der Waals surface area (Å²) >= 11 is 1.00. The minimum Gasteiger partial charge on any atom is -0.349 e. The summed E-state index contributed by atoms with van der Waals surface area (Å²) in [4.78, 5) is 41.5. The van der Waals surface area contributed by atoms with Gasteiger partial charge < -0.3 is 5.32 Å². The third-order valence-electron chi connectivity index (χ3n) is 3.21. The average molecular weight is 317 g/mol. The number of pyridine rings is 1. The lowest BCUT2D eigenvalue weighted by atomic mass is 10.2. The molecule has 1 aliphatic rings. The first-order chi connectivity index (χ1) is 10.6. The fourth-order valence-electron chi connectivity index (χ4n) is 2.12. The van der Waals surface area contributed by atoms with Crippen molar-refractivity contribution in [3.8, 4) is 0 Å². The molecule has 3 rings (SSSR count). The molecule has 0 unspecified atom stereocenters. The summed E-state index contributed by atoms with van der Waals surface area (Å²) in [6.07, 6.45) is 1.47. The van der Waals surface area contributed by atoms with Crippen LogP contribution in [-0.4, -0.2) is 50.3 Å². The van der Waals surface area contributed by atoms with Crippen molar-refractivity contribution in [3.05, 3.63) is 40.2 Å². The first kappa shape index (κ1) is 14.3. The first-order valence-corrected chi connectivity index (χ1v) is 7.25. The highest BCUT2D eigenvalue weighted by atomic mass is 32.1. The van der Waals surface area contributed by atoms with Gasteiger partial charge in [-0.25, -0.2) is 0 Å². The van der Waals surface area contributed by atoms with E-state index in [1.807, 2.05) is 0 Å². The molecule has 0 radical (unpaired) electrons. The molecule has 3 heterocycles. The van der Waals surface area contributed by atoms with E-state index < -0.39 is 11.8 Å². The summed E-state index contributed by atoms with van der Waals surface area (Å²) in [6.45, 7) is 1.93. The summed E-state index contributed by atoms with van der Waals surface area (Å²) in [7, 11) is 0. The second-order valence-electron chi connectivity index (χ2n) is 4.60. The van der Waals surface area contributed by atoms with Gasteiger partial charge in [-0.15, -0.1) is 5.10 Å². The molecule has 0 atom stereocenters. The molecule has 2 aromatic rings. The normalized spacial score (nSPS) is 13.4. The summed E-state index contributed by atoms with van der Waals surface area (Å²) in [5, 5.41) is 6.40. The van der Waals surface area contributed by atoms with E-state index in [0.29, 0.717) is 16.1 Å². The highest BCUT2D eigenvalue weighted by Gasteiger charge is 2.36.